The molecule has 0 aliphatic carbocycles. The summed E-state index contributed by atoms with van der Waals surface area (Å²) in [5, 5.41) is 49.2. The lowest BCUT2D eigenvalue weighted by Crippen LogP contribution is -2.41. The van der Waals surface area contributed by atoms with Gasteiger partial charge in [0.1, 0.15) is 85.4 Å². The molecule has 4 aliphatic heterocycles. The van der Waals surface area contributed by atoms with E-state index in [1.165, 1.54) is 221 Å². The number of aromatic hydroxyl groups is 4. The van der Waals surface area contributed by atoms with Gasteiger partial charge in [0.2, 0.25) is 0 Å². The summed E-state index contributed by atoms with van der Waals surface area (Å²) in [5.74, 6) is 0.226. The number of aliphatic imine (C=N–C) groups is 1. The average molecular weight is 1860 g/mol. The van der Waals surface area contributed by atoms with Crippen molar-refractivity contribution in [3.63, 3.8) is 0 Å². The molecule has 12 rings (SSSR count). The molecule has 0 aromatic heterocycles. The zero-order valence-electron chi connectivity index (χ0n) is 76.8. The van der Waals surface area contributed by atoms with E-state index in [9.17, 15) is 48.9 Å². The molecular weight excluding hydrogens is 1720 g/mol. The summed E-state index contributed by atoms with van der Waals surface area (Å²) in [7, 11) is -0.395. The molecular formula is C102H136N6O18P2S2. The molecule has 4 heterocycles. The Labute approximate surface area is 780 Å². The van der Waals surface area contributed by atoms with Gasteiger partial charge in [0.25, 0.3) is 15.6 Å². The molecule has 704 valence electrons. The number of thiocarbonyl (C=S) groups is 2. The maximum absolute atomic E-state index is 13.5. The van der Waals surface area contributed by atoms with Crippen molar-refractivity contribution >= 4 is 73.7 Å². The predicted octanol–water partition coefficient (Wildman–Crippen LogP) is 23.4. The Morgan fingerprint density at radius 1 is 0.423 bits per heavy atom. The lowest BCUT2D eigenvalue weighted by atomic mass is 9.77. The van der Waals surface area contributed by atoms with E-state index < -0.39 is 38.8 Å². The highest BCUT2D eigenvalue weighted by Gasteiger charge is 2.55. The maximum Gasteiger partial charge on any atom is 0.340 e. The number of unbranched alkanes of at least 4 members (excludes halogenated alkanes) is 30. The minimum Gasteiger partial charge on any atom is -0.756 e. The number of nitrogens with two attached hydrogens (primary N) is 1. The van der Waals surface area contributed by atoms with Crippen LogP contribution in [-0.4, -0.2) is 119 Å². The van der Waals surface area contributed by atoms with Gasteiger partial charge in [-0.25, -0.2) is 9.59 Å². The molecule has 2 spiro atoms. The van der Waals surface area contributed by atoms with Crippen molar-refractivity contribution in [2.75, 3.05) is 73.0 Å². The second-order valence-electron chi connectivity index (χ2n) is 35.9. The molecule has 28 heteroatoms. The number of anilines is 1. The number of phenolic OH excluding ortho intramolecular Hbond substituents is 4. The number of hydrogen-bond acceptors (Lipinski definition) is 22. The fourth-order valence-corrected chi connectivity index (χ4v) is 18.9. The van der Waals surface area contributed by atoms with E-state index in [1.807, 2.05) is 62.6 Å². The van der Waals surface area contributed by atoms with Crippen LogP contribution < -0.4 is 35.6 Å². The number of phosphoric acid groups is 2. The van der Waals surface area contributed by atoms with Gasteiger partial charge in [0.05, 0.1) is 63.4 Å². The third-order valence-electron chi connectivity index (χ3n) is 24.3. The third kappa shape index (κ3) is 31.1. The van der Waals surface area contributed by atoms with E-state index in [1.54, 1.807) is 48.5 Å². The first kappa shape index (κ1) is 103. The summed E-state index contributed by atoms with van der Waals surface area (Å²) < 4.78 is 70.3. The zero-order chi connectivity index (χ0) is 93.0. The van der Waals surface area contributed by atoms with Gasteiger partial charge in [0.15, 0.2) is 16.3 Å². The summed E-state index contributed by atoms with van der Waals surface area (Å²) >= 11 is 10.3. The van der Waals surface area contributed by atoms with Crippen LogP contribution in [-0.2, 0) is 74.1 Å². The highest BCUT2D eigenvalue weighted by Crippen LogP contribution is 2.59. The number of nitrogens with zero attached hydrogens (tertiary/aromatic N) is 3. The highest BCUT2D eigenvalue weighted by molar-refractivity contribution is 7.80. The van der Waals surface area contributed by atoms with E-state index in [2.05, 4.69) is 73.1 Å². The third-order valence-corrected chi connectivity index (χ3v) is 26.6. The second-order valence-corrected chi connectivity index (χ2v) is 39.3. The second kappa shape index (κ2) is 51.4. The van der Waals surface area contributed by atoms with Crippen LogP contribution in [0.15, 0.2) is 163 Å². The standard InChI is InChI=1S/C51H68N3O9PS.C30H57N2O4P.C21H11NO5S/c1-4-5-6-7-8-9-10-11-12-13-14-15-16-17-18-19-31-60-64(58,59)61-32-30-54(2,3)37-39-22-20-38(21-23-39)36-52-50(65)53-40-24-27-44-43(33-40)49(57)63-51(44)45-28-25-41(55)34-47(45)62-48-35-42(56)26-29-46(48)51;1-4-5-6-7-8-9-10-11-12-13-14-15-16-17-18-19-25-35-37(33,34)36-26-24-32(2,3)28-30-22-20-29(27-31)21-23-30;23-12-2-5-16-18(8-12)26-19-9-13(24)3-6-17(19)21(16)15-4-1-11(22-10-28)7-14(15)20(25)27-21/h20-29,33-35H,4-19,30-32,36-37H2,1-3H3,(H4-,52,53,55,56,58,59,65);20-23H,4-19,24-28,31H2,1-3H3;1-9,23-24H. The number of likely N-dealkylation sites (N-methyl/N-ethyl adjacent to an activating group) is 2. The van der Waals surface area contributed by atoms with Gasteiger partial charge in [-0.3, -0.25) is 9.13 Å². The summed E-state index contributed by atoms with van der Waals surface area (Å²) in [4.78, 5) is 54.7. The van der Waals surface area contributed by atoms with Gasteiger partial charge in [-0.15, -0.1) is 0 Å². The van der Waals surface area contributed by atoms with Gasteiger partial charge in [-0.05, 0) is 121 Å². The number of fused-ring (bicyclic) bond motifs is 12. The van der Waals surface area contributed by atoms with Crippen LogP contribution in [0.3, 0.4) is 0 Å². The molecule has 2 atom stereocenters. The molecule has 0 bridgehead atoms. The van der Waals surface area contributed by atoms with E-state index in [-0.39, 0.29) is 49.4 Å². The van der Waals surface area contributed by atoms with E-state index >= 15 is 0 Å². The van der Waals surface area contributed by atoms with Crippen molar-refractivity contribution in [1.82, 2.24) is 5.32 Å². The molecule has 0 saturated heterocycles. The predicted molar refractivity (Wildman–Crippen MR) is 514 cm³/mol. The van der Waals surface area contributed by atoms with Gasteiger partial charge in [0, 0.05) is 87.5 Å². The average Bonchev–Trinajstić information content (AvgIpc) is 1.54. The van der Waals surface area contributed by atoms with Crippen molar-refractivity contribution < 1.29 is 94.9 Å². The van der Waals surface area contributed by atoms with E-state index in [0.717, 1.165) is 55.3 Å². The number of phenols is 4. The lowest BCUT2D eigenvalue weighted by molar-refractivity contribution is -0.903. The number of phosphoric ester groups is 2. The number of nitrogens with one attached hydrogen (secondary N) is 2. The van der Waals surface area contributed by atoms with Crippen LogP contribution in [0.5, 0.6) is 46.0 Å². The van der Waals surface area contributed by atoms with Crippen LogP contribution >= 0.6 is 40.1 Å². The number of ether oxygens (including phenoxy) is 4. The first-order valence-electron chi connectivity index (χ1n) is 46.9. The molecule has 0 amide bonds. The normalized spacial score (nSPS) is 14.3. The molecule has 130 heavy (non-hydrogen) atoms. The number of carbonyl (C=O) groups excluding carboxylic acids is 2. The van der Waals surface area contributed by atoms with Crippen LogP contribution in [0.4, 0.5) is 11.4 Å². The van der Waals surface area contributed by atoms with Crippen molar-refractivity contribution in [3.8, 4) is 46.0 Å². The number of quaternary nitrogens is 2. The molecule has 24 nitrogen and oxygen atoms in total. The first-order valence-corrected chi connectivity index (χ1v) is 50.6. The first-order chi connectivity index (χ1) is 62.6. The molecule has 8 N–H and O–H groups in total. The van der Waals surface area contributed by atoms with Crippen molar-refractivity contribution in [1.29, 1.82) is 0 Å². The number of esters is 2. The molecule has 0 fully saturated rings. The van der Waals surface area contributed by atoms with E-state index in [4.69, 9.17) is 55.0 Å². The smallest absolute Gasteiger partial charge is 0.340 e. The van der Waals surface area contributed by atoms with E-state index in [0.29, 0.717) is 132 Å². The van der Waals surface area contributed by atoms with Crippen LogP contribution in [0.2, 0.25) is 0 Å². The maximum atomic E-state index is 13.5. The largest absolute Gasteiger partial charge is 0.756 e. The molecule has 0 saturated carbocycles. The highest BCUT2D eigenvalue weighted by atomic mass is 32.1. The Bertz CT molecular complexity index is 5020. The fourth-order valence-electron chi connectivity index (χ4n) is 17.2. The van der Waals surface area contributed by atoms with Gasteiger partial charge in [-0.2, -0.15) is 4.99 Å². The van der Waals surface area contributed by atoms with Crippen molar-refractivity contribution in [2.45, 2.75) is 257 Å². The Kier molecular flexibility index (Phi) is 40.8. The summed E-state index contributed by atoms with van der Waals surface area (Å²) in [6.45, 7) is 8.59. The zero-order valence-corrected chi connectivity index (χ0v) is 80.3. The summed E-state index contributed by atoms with van der Waals surface area (Å²) in [6.07, 6.45) is 40.8. The Morgan fingerprint density at radius 2 is 0.731 bits per heavy atom. The van der Waals surface area contributed by atoms with Crippen LogP contribution in [0, 0.1) is 0 Å². The number of isothiocyanates is 1. The van der Waals surface area contributed by atoms with Crippen molar-refractivity contribution in [3.05, 3.63) is 224 Å². The molecule has 4 aliphatic rings. The minimum absolute atomic E-state index is 0.00715. The number of hydrogen-bond donors (Lipinski definition) is 7. The minimum atomic E-state index is -4.36. The van der Waals surface area contributed by atoms with Gasteiger partial charge < -0.3 is 92.6 Å². The SMILES string of the molecule is CCCCCCCCCCCCCCCCCCOP(=O)([O-])OCC[N+](C)(C)Cc1ccc(CN)cc1.CCCCCCCCCCCCCCCCCCOP(=O)([O-])OCC[N+](C)(C)Cc1ccc(CNC(=S)Nc2ccc3c(c2)C(=O)OC32c3ccc(O)cc3Oc3cc(O)ccc32)cc1.O=C1OC2(c3ccc(O)cc3Oc3cc(O)ccc32)c2ccc(N=C=S)cc21. The molecule has 8 aromatic rings. The monoisotopic (exact) mass is 1860 g/mol. The van der Waals surface area contributed by atoms with Crippen molar-refractivity contribution in [2.24, 2.45) is 10.7 Å². The topological polar surface area (TPSA) is 332 Å². The van der Waals surface area contributed by atoms with Crippen LogP contribution in [0.25, 0.3) is 0 Å². The Morgan fingerprint density at radius 3 is 1.08 bits per heavy atom. The molecule has 2 unspecified atom stereocenters. The van der Waals surface area contributed by atoms with Crippen LogP contribution in [0.1, 0.15) is 296 Å². The van der Waals surface area contributed by atoms with Gasteiger partial charge >= 0.3 is 11.9 Å². The Balaban J connectivity index is 0.000000226. The number of rotatable bonds is 53. The Hall–Kier alpha value is -8.91. The quantitative estimate of drug-likeness (QED) is 0.00465. The molecule has 0 radical (unpaired) electrons. The van der Waals surface area contributed by atoms with Gasteiger partial charge in [-0.1, -0.05) is 267 Å². The molecule has 8 aromatic carbocycles. The number of carbonyl (C=O) groups is 2. The lowest BCUT2D eigenvalue weighted by Gasteiger charge is -2.36. The summed E-state index contributed by atoms with van der Waals surface area (Å²) in [6, 6.07) is 45.2. The summed E-state index contributed by atoms with van der Waals surface area (Å²) in [5.41, 5.74) is 12.7. The number of benzene rings is 8. The fraction of sp³-hybridized carbons (Fsp3) is 0.490.